The predicted octanol–water partition coefficient (Wildman–Crippen LogP) is 2.70. The second kappa shape index (κ2) is 7.86. The molecule has 1 aromatic carbocycles. The summed E-state index contributed by atoms with van der Waals surface area (Å²) in [5.74, 6) is -2.18. The average Bonchev–Trinajstić information content (AvgIpc) is 3.58. The van der Waals surface area contributed by atoms with Crippen molar-refractivity contribution in [2.75, 3.05) is 31.6 Å². The molecular formula is C21H25F2N3O4. The van der Waals surface area contributed by atoms with E-state index in [-0.39, 0.29) is 41.9 Å². The number of rotatable bonds is 6. The van der Waals surface area contributed by atoms with Crippen molar-refractivity contribution in [1.82, 2.24) is 4.57 Å². The number of aromatic nitrogens is 1. The van der Waals surface area contributed by atoms with Gasteiger partial charge in [-0.3, -0.25) is 4.79 Å². The van der Waals surface area contributed by atoms with Crippen molar-refractivity contribution in [3.05, 3.63) is 33.9 Å². The standard InChI is InChI=1S/C21H25F2N3O4/c1-30-20-17-13(19(27)14(21(28)29)10-26(17)12-4-5-12)7-15(22)18(20)25-6-2-3-11(9-25)16(23)8-24/h7,10-12,16H,2-6,8-9,24H2,1H3,(H,28,29). The van der Waals surface area contributed by atoms with Gasteiger partial charge in [-0.05, 0) is 31.7 Å². The van der Waals surface area contributed by atoms with E-state index in [0.717, 1.165) is 18.9 Å². The number of nitrogens with zero attached hydrogens (tertiary/aromatic N) is 2. The summed E-state index contributed by atoms with van der Waals surface area (Å²) in [4.78, 5) is 26.1. The summed E-state index contributed by atoms with van der Waals surface area (Å²) in [5, 5.41) is 9.39. The van der Waals surface area contributed by atoms with Gasteiger partial charge in [0.05, 0.1) is 18.0 Å². The summed E-state index contributed by atoms with van der Waals surface area (Å²) in [6.45, 7) is 0.723. The first-order chi connectivity index (χ1) is 14.4. The molecule has 7 nitrogen and oxygen atoms in total. The van der Waals surface area contributed by atoms with Crippen LogP contribution < -0.4 is 20.8 Å². The third kappa shape index (κ3) is 3.40. The first-order valence-electron chi connectivity index (χ1n) is 10.1. The van der Waals surface area contributed by atoms with E-state index in [0.29, 0.717) is 24.9 Å². The Balaban J connectivity index is 1.93. The predicted molar refractivity (Wildman–Crippen MR) is 109 cm³/mol. The number of ether oxygens (including phenoxy) is 1. The number of fused-ring (bicyclic) bond motifs is 1. The number of aromatic carboxylic acids is 1. The molecule has 1 saturated carbocycles. The van der Waals surface area contributed by atoms with Gasteiger partial charge in [0.2, 0.25) is 5.43 Å². The molecule has 30 heavy (non-hydrogen) atoms. The molecule has 0 bridgehead atoms. The molecule has 162 valence electrons. The molecule has 0 radical (unpaired) electrons. The number of halogens is 2. The van der Waals surface area contributed by atoms with Crippen LogP contribution in [0.4, 0.5) is 14.5 Å². The SMILES string of the molecule is COc1c(N2CCCC(C(F)CN)C2)c(F)cc2c(=O)c(C(=O)O)cn(C3CC3)c12. The Morgan fingerprint density at radius 2 is 2.13 bits per heavy atom. The van der Waals surface area contributed by atoms with E-state index in [4.69, 9.17) is 10.5 Å². The van der Waals surface area contributed by atoms with Gasteiger partial charge in [-0.2, -0.15) is 0 Å². The van der Waals surface area contributed by atoms with E-state index >= 15 is 4.39 Å². The van der Waals surface area contributed by atoms with Gasteiger partial charge in [0.15, 0.2) is 11.6 Å². The molecule has 1 aliphatic heterocycles. The number of methoxy groups -OCH3 is 1. The zero-order chi connectivity index (χ0) is 21.6. The van der Waals surface area contributed by atoms with E-state index < -0.39 is 29.0 Å². The van der Waals surface area contributed by atoms with Crippen LogP contribution in [0, 0.1) is 11.7 Å². The lowest BCUT2D eigenvalue weighted by atomic mass is 9.92. The van der Waals surface area contributed by atoms with Gasteiger partial charge in [-0.1, -0.05) is 0 Å². The highest BCUT2D eigenvalue weighted by Crippen LogP contribution is 2.44. The quantitative estimate of drug-likeness (QED) is 0.744. The Bertz CT molecular complexity index is 1050. The zero-order valence-electron chi connectivity index (χ0n) is 16.7. The summed E-state index contributed by atoms with van der Waals surface area (Å²) < 4.78 is 36.8. The van der Waals surface area contributed by atoms with Gasteiger partial charge in [-0.25, -0.2) is 13.6 Å². The van der Waals surface area contributed by atoms with Gasteiger partial charge in [-0.15, -0.1) is 0 Å². The normalized spacial score (nSPS) is 20.4. The van der Waals surface area contributed by atoms with Crippen LogP contribution in [0.15, 0.2) is 17.1 Å². The summed E-state index contributed by atoms with van der Waals surface area (Å²) in [7, 11) is 1.39. The number of carboxylic acids is 1. The van der Waals surface area contributed by atoms with Gasteiger partial charge >= 0.3 is 5.97 Å². The molecule has 9 heteroatoms. The minimum Gasteiger partial charge on any atom is -0.492 e. The fourth-order valence-corrected chi connectivity index (χ4v) is 4.42. The number of hydrogen-bond acceptors (Lipinski definition) is 5. The highest BCUT2D eigenvalue weighted by Gasteiger charge is 2.33. The number of piperidine rings is 1. The zero-order valence-corrected chi connectivity index (χ0v) is 16.7. The molecule has 2 aliphatic rings. The number of alkyl halides is 1. The third-order valence-corrected chi connectivity index (χ3v) is 6.08. The molecule has 2 fully saturated rings. The number of carboxylic acid groups (broad SMARTS) is 1. The second-order valence-corrected chi connectivity index (χ2v) is 8.05. The number of anilines is 1. The molecule has 2 heterocycles. The highest BCUT2D eigenvalue weighted by atomic mass is 19.1. The minimum absolute atomic E-state index is 0.0278. The van der Waals surface area contributed by atoms with Crippen LogP contribution in [-0.4, -0.2) is 48.6 Å². The lowest BCUT2D eigenvalue weighted by molar-refractivity contribution is 0.0695. The van der Waals surface area contributed by atoms with Crippen molar-refractivity contribution in [2.45, 2.75) is 37.9 Å². The van der Waals surface area contributed by atoms with Crippen molar-refractivity contribution in [3.63, 3.8) is 0 Å². The number of carbonyl (C=O) groups is 1. The minimum atomic E-state index is -1.35. The number of nitrogens with two attached hydrogens (primary N) is 1. The molecule has 1 aromatic heterocycles. The molecule has 0 spiro atoms. The molecule has 2 aromatic rings. The van der Waals surface area contributed by atoms with Crippen LogP contribution in [0.1, 0.15) is 42.1 Å². The Hall–Kier alpha value is -2.68. The van der Waals surface area contributed by atoms with E-state index in [1.807, 2.05) is 0 Å². The lowest BCUT2D eigenvalue weighted by Gasteiger charge is -2.36. The molecule has 2 unspecified atom stereocenters. The Labute approximate surface area is 172 Å². The Morgan fingerprint density at radius 3 is 2.73 bits per heavy atom. The summed E-state index contributed by atoms with van der Waals surface area (Å²) in [6.07, 6.45) is 3.16. The molecule has 4 rings (SSSR count). The van der Waals surface area contributed by atoms with E-state index in [9.17, 15) is 19.1 Å². The van der Waals surface area contributed by atoms with E-state index in [1.165, 1.54) is 13.3 Å². The Morgan fingerprint density at radius 1 is 1.40 bits per heavy atom. The number of pyridine rings is 1. The monoisotopic (exact) mass is 421 g/mol. The van der Waals surface area contributed by atoms with Crippen molar-refractivity contribution in [3.8, 4) is 5.75 Å². The first kappa shape index (κ1) is 20.6. The van der Waals surface area contributed by atoms with E-state index in [2.05, 4.69) is 0 Å². The van der Waals surface area contributed by atoms with Crippen molar-refractivity contribution >= 4 is 22.6 Å². The average molecular weight is 421 g/mol. The van der Waals surface area contributed by atoms with Crippen molar-refractivity contribution < 1.29 is 23.4 Å². The van der Waals surface area contributed by atoms with Crippen molar-refractivity contribution in [1.29, 1.82) is 0 Å². The Kier molecular flexibility index (Phi) is 5.40. The van der Waals surface area contributed by atoms with Gasteiger partial charge in [0.1, 0.15) is 17.4 Å². The smallest absolute Gasteiger partial charge is 0.341 e. The van der Waals surface area contributed by atoms with E-state index in [1.54, 1.807) is 9.47 Å². The van der Waals surface area contributed by atoms with Crippen LogP contribution in [0.3, 0.4) is 0 Å². The fourth-order valence-electron chi connectivity index (χ4n) is 4.42. The van der Waals surface area contributed by atoms with Crippen molar-refractivity contribution in [2.24, 2.45) is 11.7 Å². The topological polar surface area (TPSA) is 97.8 Å². The molecule has 3 N–H and O–H groups in total. The summed E-state index contributed by atoms with van der Waals surface area (Å²) in [6, 6.07) is 1.11. The maximum Gasteiger partial charge on any atom is 0.341 e. The third-order valence-electron chi connectivity index (χ3n) is 6.08. The van der Waals surface area contributed by atoms with Gasteiger partial charge < -0.3 is 25.0 Å². The van der Waals surface area contributed by atoms with Crippen LogP contribution in [0.5, 0.6) is 5.75 Å². The summed E-state index contributed by atoms with van der Waals surface area (Å²) >= 11 is 0. The second-order valence-electron chi connectivity index (χ2n) is 8.05. The lowest BCUT2D eigenvalue weighted by Crippen LogP contribution is -2.41. The molecule has 2 atom stereocenters. The summed E-state index contributed by atoms with van der Waals surface area (Å²) in [5.41, 5.74) is 4.89. The largest absolute Gasteiger partial charge is 0.492 e. The molecule has 1 aliphatic carbocycles. The number of hydrogen-bond donors (Lipinski definition) is 2. The first-order valence-corrected chi connectivity index (χ1v) is 10.1. The van der Waals surface area contributed by atoms with Gasteiger partial charge in [0.25, 0.3) is 0 Å². The molecular weight excluding hydrogens is 396 g/mol. The van der Waals surface area contributed by atoms with Gasteiger partial charge in [0, 0.05) is 37.8 Å². The van der Waals surface area contributed by atoms with Crippen LogP contribution >= 0.6 is 0 Å². The van der Waals surface area contributed by atoms with Crippen LogP contribution in [0.25, 0.3) is 10.9 Å². The number of benzene rings is 1. The maximum absolute atomic E-state index is 15.3. The van der Waals surface area contributed by atoms with Crippen LogP contribution in [0.2, 0.25) is 0 Å². The fraction of sp³-hybridized carbons (Fsp3) is 0.524. The van der Waals surface area contributed by atoms with Crippen LogP contribution in [-0.2, 0) is 0 Å². The maximum atomic E-state index is 15.3. The molecule has 0 amide bonds. The highest BCUT2D eigenvalue weighted by molar-refractivity contribution is 5.97. The molecule has 1 saturated heterocycles.